The van der Waals surface area contributed by atoms with Crippen LogP contribution < -0.4 is 10.2 Å². The topological polar surface area (TPSA) is 69.8 Å². The molecule has 2 aromatic heterocycles. The van der Waals surface area contributed by atoms with Crippen molar-refractivity contribution < 1.29 is 0 Å². The van der Waals surface area contributed by atoms with Gasteiger partial charge in [-0.3, -0.25) is 4.98 Å². The summed E-state index contributed by atoms with van der Waals surface area (Å²) < 4.78 is 2.18. The van der Waals surface area contributed by atoms with Gasteiger partial charge < -0.3 is 14.8 Å². The third-order valence-electron chi connectivity index (χ3n) is 6.94. The summed E-state index contributed by atoms with van der Waals surface area (Å²) in [5.41, 5.74) is 5.58. The highest BCUT2D eigenvalue weighted by Gasteiger charge is 2.28. The molecule has 5 rings (SSSR count). The Morgan fingerprint density at radius 3 is 2.36 bits per heavy atom. The minimum atomic E-state index is 0. The first kappa shape index (κ1) is 25.4. The quantitative estimate of drug-likeness (QED) is 0.354. The van der Waals surface area contributed by atoms with Crippen LogP contribution in [-0.4, -0.2) is 27.6 Å². The molecule has 0 saturated carbocycles. The molecule has 4 aromatic rings. The van der Waals surface area contributed by atoms with E-state index < -0.39 is 0 Å². The molecule has 1 saturated heterocycles. The second-order valence-corrected chi connectivity index (χ2v) is 9.12. The standard InChI is InChI=1S/C29H30N6.ClH/c30-18-23-6-8-24(9-7-23)21-35-22-32-19-28(35)20-33-29(25-10-14-31-15-11-25)26-12-16-34(17-13-26)27-4-2-1-3-5-27;/h1-11,14-15,19,22,26,29,33H,12-13,16-17,20-21H2;1H. The normalized spacial score (nSPS) is 14.6. The maximum absolute atomic E-state index is 9.05. The summed E-state index contributed by atoms with van der Waals surface area (Å²) in [5.74, 6) is 0.548. The van der Waals surface area contributed by atoms with Crippen LogP contribution in [-0.2, 0) is 13.1 Å². The zero-order valence-electron chi connectivity index (χ0n) is 20.2. The summed E-state index contributed by atoms with van der Waals surface area (Å²) in [6, 6.07) is 25.2. The molecule has 0 radical (unpaired) electrons. The second-order valence-electron chi connectivity index (χ2n) is 9.12. The van der Waals surface area contributed by atoms with E-state index in [2.05, 4.69) is 73.3 Å². The van der Waals surface area contributed by atoms with E-state index >= 15 is 0 Å². The average Bonchev–Trinajstić information content (AvgIpc) is 3.37. The molecule has 7 heteroatoms. The summed E-state index contributed by atoms with van der Waals surface area (Å²) in [7, 11) is 0. The molecule has 6 nitrogen and oxygen atoms in total. The van der Waals surface area contributed by atoms with Crippen LogP contribution in [0.5, 0.6) is 0 Å². The lowest BCUT2D eigenvalue weighted by Gasteiger charge is -2.38. The fourth-order valence-corrected chi connectivity index (χ4v) is 4.99. The van der Waals surface area contributed by atoms with Gasteiger partial charge in [-0.1, -0.05) is 30.3 Å². The van der Waals surface area contributed by atoms with Gasteiger partial charge in [-0.05, 0) is 66.3 Å². The fraction of sp³-hybridized carbons (Fsp3) is 0.276. The van der Waals surface area contributed by atoms with Gasteiger partial charge in [-0.2, -0.15) is 5.26 Å². The van der Waals surface area contributed by atoms with E-state index in [1.807, 2.05) is 49.2 Å². The number of pyridine rings is 1. The molecule has 1 aliphatic rings. The Hall–Kier alpha value is -3.66. The minimum Gasteiger partial charge on any atom is -0.372 e. The van der Waals surface area contributed by atoms with E-state index in [1.165, 1.54) is 11.3 Å². The Bertz CT molecular complexity index is 1240. The van der Waals surface area contributed by atoms with Crippen molar-refractivity contribution >= 4 is 18.1 Å². The number of para-hydroxylation sites is 1. The van der Waals surface area contributed by atoms with Crippen LogP contribution in [0, 0.1) is 17.2 Å². The van der Waals surface area contributed by atoms with Gasteiger partial charge in [0, 0.05) is 56.5 Å². The van der Waals surface area contributed by atoms with Crippen LogP contribution in [0.15, 0.2) is 91.6 Å². The number of nitrogens with zero attached hydrogens (tertiary/aromatic N) is 5. The number of piperidine rings is 1. The Kier molecular flexibility index (Phi) is 8.72. The van der Waals surface area contributed by atoms with Crippen LogP contribution in [0.2, 0.25) is 0 Å². The molecule has 184 valence electrons. The second kappa shape index (κ2) is 12.3. The number of halogens is 1. The molecule has 0 bridgehead atoms. The molecule has 1 atom stereocenters. The van der Waals surface area contributed by atoms with Crippen molar-refractivity contribution in [1.82, 2.24) is 19.9 Å². The van der Waals surface area contributed by atoms with Gasteiger partial charge in [0.2, 0.25) is 0 Å². The van der Waals surface area contributed by atoms with Crippen LogP contribution in [0.25, 0.3) is 0 Å². The van der Waals surface area contributed by atoms with E-state index in [4.69, 9.17) is 5.26 Å². The van der Waals surface area contributed by atoms with Crippen LogP contribution in [0.1, 0.15) is 41.3 Å². The predicted octanol–water partition coefficient (Wildman–Crippen LogP) is 5.37. The number of anilines is 1. The number of nitriles is 1. The van der Waals surface area contributed by atoms with E-state index in [0.29, 0.717) is 11.5 Å². The maximum atomic E-state index is 9.05. The van der Waals surface area contributed by atoms with Crippen molar-refractivity contribution in [2.24, 2.45) is 5.92 Å². The van der Waals surface area contributed by atoms with Crippen LogP contribution >= 0.6 is 12.4 Å². The number of rotatable bonds is 8. The van der Waals surface area contributed by atoms with Gasteiger partial charge in [-0.25, -0.2) is 4.98 Å². The predicted molar refractivity (Wildman–Crippen MR) is 145 cm³/mol. The van der Waals surface area contributed by atoms with E-state index in [-0.39, 0.29) is 18.4 Å². The van der Waals surface area contributed by atoms with Gasteiger partial charge in [0.05, 0.1) is 23.7 Å². The highest BCUT2D eigenvalue weighted by molar-refractivity contribution is 5.85. The molecule has 3 heterocycles. The molecule has 1 aliphatic heterocycles. The van der Waals surface area contributed by atoms with E-state index in [0.717, 1.165) is 50.3 Å². The molecular formula is C29H31ClN6. The molecule has 0 aliphatic carbocycles. The summed E-state index contributed by atoms with van der Waals surface area (Å²) in [6.07, 6.45) is 9.88. The smallest absolute Gasteiger partial charge is 0.0991 e. The highest BCUT2D eigenvalue weighted by Crippen LogP contribution is 2.32. The van der Waals surface area contributed by atoms with Gasteiger partial charge in [0.25, 0.3) is 0 Å². The summed E-state index contributed by atoms with van der Waals surface area (Å²) >= 11 is 0. The Labute approximate surface area is 219 Å². The number of benzene rings is 2. The number of hydrogen-bond donors (Lipinski definition) is 1. The molecular weight excluding hydrogens is 468 g/mol. The minimum absolute atomic E-state index is 0. The van der Waals surface area contributed by atoms with Gasteiger partial charge in [0.1, 0.15) is 0 Å². The van der Waals surface area contributed by atoms with Crippen molar-refractivity contribution in [3.63, 3.8) is 0 Å². The van der Waals surface area contributed by atoms with Crippen molar-refractivity contribution in [3.8, 4) is 6.07 Å². The van der Waals surface area contributed by atoms with Crippen molar-refractivity contribution in [1.29, 1.82) is 5.26 Å². The van der Waals surface area contributed by atoms with Gasteiger partial charge in [0.15, 0.2) is 0 Å². The molecule has 0 amide bonds. The number of hydrogen-bond acceptors (Lipinski definition) is 5. The fourth-order valence-electron chi connectivity index (χ4n) is 4.99. The van der Waals surface area contributed by atoms with E-state index in [1.54, 1.807) is 0 Å². The zero-order chi connectivity index (χ0) is 23.9. The van der Waals surface area contributed by atoms with Crippen molar-refractivity contribution in [2.45, 2.75) is 32.0 Å². The Morgan fingerprint density at radius 1 is 0.944 bits per heavy atom. The lowest BCUT2D eigenvalue weighted by Crippen LogP contribution is -2.39. The monoisotopic (exact) mass is 498 g/mol. The first-order chi connectivity index (χ1) is 17.3. The van der Waals surface area contributed by atoms with Crippen molar-refractivity contribution in [3.05, 3.63) is 114 Å². The highest BCUT2D eigenvalue weighted by atomic mass is 35.5. The number of aromatic nitrogens is 3. The van der Waals surface area contributed by atoms with Crippen LogP contribution in [0.4, 0.5) is 5.69 Å². The molecule has 36 heavy (non-hydrogen) atoms. The van der Waals surface area contributed by atoms with E-state index in [9.17, 15) is 0 Å². The van der Waals surface area contributed by atoms with Gasteiger partial charge in [-0.15, -0.1) is 12.4 Å². The number of imidazole rings is 1. The Balaban J connectivity index is 0.00000304. The van der Waals surface area contributed by atoms with Crippen molar-refractivity contribution in [2.75, 3.05) is 18.0 Å². The summed E-state index contributed by atoms with van der Waals surface area (Å²) in [5, 5.41) is 12.9. The first-order valence-electron chi connectivity index (χ1n) is 12.2. The average molecular weight is 499 g/mol. The third-order valence-corrected chi connectivity index (χ3v) is 6.94. The molecule has 1 unspecified atom stereocenters. The third kappa shape index (κ3) is 6.12. The van der Waals surface area contributed by atoms with Gasteiger partial charge >= 0.3 is 0 Å². The zero-order valence-corrected chi connectivity index (χ0v) is 21.0. The molecule has 2 aromatic carbocycles. The largest absolute Gasteiger partial charge is 0.372 e. The maximum Gasteiger partial charge on any atom is 0.0991 e. The molecule has 1 fully saturated rings. The SMILES string of the molecule is Cl.N#Cc1ccc(Cn2cncc2CNC(c2ccncc2)C2CCN(c3ccccc3)CC2)cc1. The molecule has 0 spiro atoms. The summed E-state index contributed by atoms with van der Waals surface area (Å²) in [6.45, 7) is 3.60. The Morgan fingerprint density at radius 2 is 1.67 bits per heavy atom. The lowest BCUT2D eigenvalue weighted by molar-refractivity contribution is 0.296. The number of nitrogens with one attached hydrogen (secondary N) is 1. The lowest BCUT2D eigenvalue weighted by atomic mass is 9.85. The summed E-state index contributed by atoms with van der Waals surface area (Å²) in [4.78, 5) is 11.1. The van der Waals surface area contributed by atoms with Crippen LogP contribution in [0.3, 0.4) is 0 Å². The molecule has 1 N–H and O–H groups in total. The first-order valence-corrected chi connectivity index (χ1v) is 12.2.